The van der Waals surface area contributed by atoms with Crippen molar-refractivity contribution in [2.75, 3.05) is 0 Å². The molecule has 1 aliphatic carbocycles. The molecule has 0 aliphatic heterocycles. The van der Waals surface area contributed by atoms with Gasteiger partial charge in [0.15, 0.2) is 0 Å². The molecule has 5 nitrogen and oxygen atoms in total. The molecule has 0 radical (unpaired) electrons. The van der Waals surface area contributed by atoms with Crippen LogP contribution in [-0.4, -0.2) is 15.0 Å². The highest BCUT2D eigenvalue weighted by molar-refractivity contribution is 5.31. The maximum absolute atomic E-state index is 5.75. The number of aryl methyl sites for hydroxylation is 2. The van der Waals surface area contributed by atoms with Gasteiger partial charge in [0.2, 0.25) is 0 Å². The van der Waals surface area contributed by atoms with Crippen molar-refractivity contribution in [1.82, 2.24) is 20.4 Å². The molecule has 2 heterocycles. The van der Waals surface area contributed by atoms with E-state index in [-0.39, 0.29) is 12.0 Å². The number of fused-ring (bicyclic) bond motifs is 1. The van der Waals surface area contributed by atoms with Crippen LogP contribution in [0.25, 0.3) is 0 Å². The Morgan fingerprint density at radius 3 is 3.00 bits per heavy atom. The zero-order valence-electron chi connectivity index (χ0n) is 10.9. The lowest BCUT2D eigenvalue weighted by atomic mass is 9.94. The van der Waals surface area contributed by atoms with Crippen LogP contribution in [0.1, 0.15) is 41.2 Å². The Kier molecular flexibility index (Phi) is 3.23. The van der Waals surface area contributed by atoms with Gasteiger partial charge in [0, 0.05) is 24.0 Å². The van der Waals surface area contributed by atoms with Crippen molar-refractivity contribution in [3.05, 3.63) is 53.4 Å². The van der Waals surface area contributed by atoms with Gasteiger partial charge in [0.1, 0.15) is 5.82 Å². The summed E-state index contributed by atoms with van der Waals surface area (Å²) < 4.78 is 0. The Bertz CT molecular complexity index is 584. The molecule has 0 saturated carbocycles. The van der Waals surface area contributed by atoms with E-state index >= 15 is 0 Å². The largest absolute Gasteiger partial charge is 0.271 e. The minimum Gasteiger partial charge on any atom is -0.271 e. The van der Waals surface area contributed by atoms with Gasteiger partial charge in [0.05, 0.1) is 11.7 Å². The van der Waals surface area contributed by atoms with E-state index < -0.39 is 0 Å². The van der Waals surface area contributed by atoms with Crippen molar-refractivity contribution in [3.63, 3.8) is 0 Å². The van der Waals surface area contributed by atoms with E-state index in [9.17, 15) is 0 Å². The third-order valence-corrected chi connectivity index (χ3v) is 3.70. The topological polar surface area (TPSA) is 76.7 Å². The van der Waals surface area contributed by atoms with Crippen LogP contribution in [0, 0.1) is 6.92 Å². The smallest absolute Gasteiger partial charge is 0.125 e. The van der Waals surface area contributed by atoms with Crippen LogP contribution in [0.5, 0.6) is 0 Å². The van der Waals surface area contributed by atoms with Gasteiger partial charge in [0.25, 0.3) is 0 Å². The van der Waals surface area contributed by atoms with Crippen LogP contribution in [0.3, 0.4) is 0 Å². The number of hydrogen-bond donors (Lipinski definition) is 2. The molecular formula is C14H17N5. The second-order valence-corrected chi connectivity index (χ2v) is 4.87. The molecule has 0 fully saturated rings. The lowest BCUT2D eigenvalue weighted by Gasteiger charge is -2.22. The van der Waals surface area contributed by atoms with E-state index in [0.717, 1.165) is 30.1 Å². The van der Waals surface area contributed by atoms with Gasteiger partial charge in [-0.15, -0.1) is 0 Å². The molecule has 0 aromatic carbocycles. The van der Waals surface area contributed by atoms with Gasteiger partial charge in [-0.1, -0.05) is 6.07 Å². The fourth-order valence-corrected chi connectivity index (χ4v) is 2.82. The number of pyridine rings is 1. The van der Waals surface area contributed by atoms with Crippen LogP contribution in [0.15, 0.2) is 30.6 Å². The van der Waals surface area contributed by atoms with E-state index in [2.05, 4.69) is 26.4 Å². The van der Waals surface area contributed by atoms with Gasteiger partial charge in [-0.3, -0.25) is 16.3 Å². The first-order valence-electron chi connectivity index (χ1n) is 6.49. The summed E-state index contributed by atoms with van der Waals surface area (Å²) in [7, 11) is 0. The van der Waals surface area contributed by atoms with Gasteiger partial charge < -0.3 is 0 Å². The van der Waals surface area contributed by atoms with Crippen LogP contribution in [0.4, 0.5) is 0 Å². The molecule has 3 N–H and O–H groups in total. The zero-order chi connectivity index (χ0) is 13.2. The van der Waals surface area contributed by atoms with Crippen LogP contribution in [0.2, 0.25) is 0 Å². The maximum Gasteiger partial charge on any atom is 0.125 e. The van der Waals surface area contributed by atoms with Crippen LogP contribution in [-0.2, 0) is 6.42 Å². The molecule has 0 amide bonds. The summed E-state index contributed by atoms with van der Waals surface area (Å²) in [5.74, 6) is 6.79. The summed E-state index contributed by atoms with van der Waals surface area (Å²) in [5, 5.41) is 0. The molecule has 1 aliphatic rings. The number of nitrogens with one attached hydrogen (secondary N) is 1. The lowest BCUT2D eigenvalue weighted by molar-refractivity contribution is 0.436. The van der Waals surface area contributed by atoms with Crippen molar-refractivity contribution < 1.29 is 0 Å². The Balaban J connectivity index is 1.96. The summed E-state index contributed by atoms with van der Waals surface area (Å²) in [6.45, 7) is 1.89. The highest BCUT2D eigenvalue weighted by Crippen LogP contribution is 2.39. The molecule has 2 atom stereocenters. The predicted octanol–water partition coefficient (Wildman–Crippen LogP) is 1.41. The van der Waals surface area contributed by atoms with E-state index in [1.54, 1.807) is 6.20 Å². The number of hydrazine groups is 1. The molecule has 2 aromatic rings. The second kappa shape index (κ2) is 5.03. The van der Waals surface area contributed by atoms with E-state index in [0.29, 0.717) is 0 Å². The monoisotopic (exact) mass is 255 g/mol. The van der Waals surface area contributed by atoms with E-state index in [1.807, 2.05) is 25.3 Å². The molecule has 19 heavy (non-hydrogen) atoms. The minimum atomic E-state index is -0.0159. The minimum absolute atomic E-state index is 0.0159. The highest BCUT2D eigenvalue weighted by atomic mass is 15.2. The fraction of sp³-hybridized carbons (Fsp3) is 0.357. The first kappa shape index (κ1) is 12.2. The maximum atomic E-state index is 5.75. The van der Waals surface area contributed by atoms with E-state index in [4.69, 9.17) is 5.84 Å². The average molecular weight is 255 g/mol. The Labute approximate surface area is 112 Å². The first-order valence-corrected chi connectivity index (χ1v) is 6.49. The first-order chi connectivity index (χ1) is 9.29. The summed E-state index contributed by atoms with van der Waals surface area (Å²) in [4.78, 5) is 13.1. The third kappa shape index (κ3) is 2.22. The zero-order valence-corrected chi connectivity index (χ0v) is 10.9. The Morgan fingerprint density at radius 1 is 1.32 bits per heavy atom. The summed E-state index contributed by atoms with van der Waals surface area (Å²) >= 11 is 0. The normalized spacial score (nSPS) is 19.2. The number of nitrogens with zero attached hydrogens (tertiary/aromatic N) is 3. The average Bonchev–Trinajstić information content (AvgIpc) is 2.84. The van der Waals surface area contributed by atoms with E-state index in [1.165, 1.54) is 5.56 Å². The molecule has 0 bridgehead atoms. The van der Waals surface area contributed by atoms with Crippen molar-refractivity contribution in [1.29, 1.82) is 0 Å². The van der Waals surface area contributed by atoms with Crippen LogP contribution >= 0.6 is 0 Å². The number of hydrogen-bond acceptors (Lipinski definition) is 5. The third-order valence-electron chi connectivity index (χ3n) is 3.70. The molecule has 0 saturated heterocycles. The van der Waals surface area contributed by atoms with Gasteiger partial charge in [-0.25, -0.2) is 9.97 Å². The molecule has 98 valence electrons. The molecule has 2 aromatic heterocycles. The van der Waals surface area contributed by atoms with Gasteiger partial charge >= 0.3 is 0 Å². The van der Waals surface area contributed by atoms with Crippen molar-refractivity contribution in [3.8, 4) is 0 Å². The fourth-order valence-electron chi connectivity index (χ4n) is 2.82. The Morgan fingerprint density at radius 2 is 2.21 bits per heavy atom. The standard InChI is InChI=1S/C14H17N5/c1-9-16-8-6-12(18-9)14(19-15)11-5-4-10-3-2-7-17-13(10)11/h2-3,6-8,11,14,19H,4-5,15H2,1H3. The number of aromatic nitrogens is 3. The number of rotatable bonds is 3. The Hall–Kier alpha value is -1.85. The summed E-state index contributed by atoms with van der Waals surface area (Å²) in [5.41, 5.74) is 6.29. The summed E-state index contributed by atoms with van der Waals surface area (Å²) in [6, 6.07) is 6.03. The predicted molar refractivity (Wildman–Crippen MR) is 72.1 cm³/mol. The highest BCUT2D eigenvalue weighted by Gasteiger charge is 2.32. The van der Waals surface area contributed by atoms with Crippen LogP contribution < -0.4 is 11.3 Å². The number of nitrogens with two attached hydrogens (primary N) is 1. The van der Waals surface area contributed by atoms with Gasteiger partial charge in [-0.05, 0) is 37.5 Å². The quantitative estimate of drug-likeness (QED) is 0.640. The molecule has 5 heteroatoms. The lowest BCUT2D eigenvalue weighted by Crippen LogP contribution is -2.33. The SMILES string of the molecule is Cc1nccc(C(NN)C2CCc3cccnc32)n1. The molecule has 0 spiro atoms. The second-order valence-electron chi connectivity index (χ2n) is 4.87. The molecule has 2 unspecified atom stereocenters. The molecule has 3 rings (SSSR count). The summed E-state index contributed by atoms with van der Waals surface area (Å²) in [6.07, 6.45) is 5.71. The molecular weight excluding hydrogens is 238 g/mol. The van der Waals surface area contributed by atoms with Crippen molar-refractivity contribution in [2.24, 2.45) is 5.84 Å². The van der Waals surface area contributed by atoms with Crippen molar-refractivity contribution in [2.45, 2.75) is 31.7 Å². The van der Waals surface area contributed by atoms with Gasteiger partial charge in [-0.2, -0.15) is 0 Å². The van der Waals surface area contributed by atoms with Crippen molar-refractivity contribution >= 4 is 0 Å².